The fourth-order valence-corrected chi connectivity index (χ4v) is 11.8. The van der Waals surface area contributed by atoms with Crippen molar-refractivity contribution >= 4 is 31.2 Å². The summed E-state index contributed by atoms with van der Waals surface area (Å²) < 4.78 is 115. The summed E-state index contributed by atoms with van der Waals surface area (Å²) in [5.74, 6) is 0.836. The third kappa shape index (κ3) is 7.88. The summed E-state index contributed by atoms with van der Waals surface area (Å²) in [7, 11) is -15.0. The lowest BCUT2D eigenvalue weighted by Crippen LogP contribution is -2.62. The first-order chi connectivity index (χ1) is 20.8. The van der Waals surface area contributed by atoms with Gasteiger partial charge in [0.2, 0.25) is 0 Å². The average molecular weight is 715 g/mol. The van der Waals surface area contributed by atoms with Crippen LogP contribution in [0.4, 0.5) is 0 Å². The van der Waals surface area contributed by atoms with Crippen molar-refractivity contribution < 1.29 is 51.5 Å². The van der Waals surface area contributed by atoms with Crippen LogP contribution in [-0.2, 0) is 43.7 Å². The van der Waals surface area contributed by atoms with Gasteiger partial charge in [-0.15, -0.1) is 0 Å². The third-order valence-corrected chi connectivity index (χ3v) is 14.8. The van der Waals surface area contributed by atoms with Crippen LogP contribution in [0.2, 0.25) is 0 Å². The first-order valence-electron chi connectivity index (χ1n) is 16.4. The predicted molar refractivity (Wildman–Crippen MR) is 171 cm³/mol. The zero-order chi connectivity index (χ0) is 34.8. The van der Waals surface area contributed by atoms with Gasteiger partial charge in [-0.3, -0.25) is 13.7 Å². The molecule has 0 radical (unpaired) electrons. The number of rotatable bonds is 11. The fourth-order valence-electron chi connectivity index (χ4n) is 10.3. The normalized spacial score (nSPS) is 39.9. The minimum absolute atomic E-state index is 0.0217. The van der Waals surface area contributed by atoms with E-state index in [2.05, 4.69) is 54.5 Å². The molecule has 0 spiro atoms. The monoisotopic (exact) mass is 714 g/mol. The van der Waals surface area contributed by atoms with Crippen molar-refractivity contribution in [3.63, 3.8) is 0 Å². The summed E-state index contributed by atoms with van der Waals surface area (Å²) in [5, 5.41) is 0. The Morgan fingerprint density at radius 1 is 0.783 bits per heavy atom. The minimum Gasteiger partial charge on any atom is -0.264 e. The van der Waals surface area contributed by atoms with Crippen molar-refractivity contribution in [1.29, 1.82) is 0 Å². The molecule has 15 heteroatoms. The standard InChI is InChI=1S/C31H54O12S3/c1-18(2)29(5,6)20(4)10-9-19(3)22-11-12-23-21-15-26(41-44(32,33)34)25-16-27(42-45(35,36)37)28(43-46(38,39)40)17-31(25,8)24(21)13-14-30(22,23)7/h10,18-19,21-28H,9,11-17H2,1-8H3,(H,32,33,34)(H,35,36,37)(H,38,39,40)/b20-10+/t19?,21?,22?,23?,24?,25-,26+,27+,28?,30?,31?/m1/s1. The van der Waals surface area contributed by atoms with E-state index in [0.717, 1.165) is 32.1 Å². The van der Waals surface area contributed by atoms with Crippen molar-refractivity contribution in [3.05, 3.63) is 11.6 Å². The van der Waals surface area contributed by atoms with Gasteiger partial charge in [-0.2, -0.15) is 25.3 Å². The molecule has 4 saturated carbocycles. The topological polar surface area (TPSA) is 191 Å². The maximum absolute atomic E-state index is 12.1. The molecule has 268 valence electrons. The zero-order valence-corrected chi connectivity index (χ0v) is 30.7. The number of allylic oxidation sites excluding steroid dienone is 2. The van der Waals surface area contributed by atoms with Crippen LogP contribution < -0.4 is 0 Å². The maximum atomic E-state index is 12.1. The van der Waals surface area contributed by atoms with E-state index >= 15 is 0 Å². The lowest BCUT2D eigenvalue weighted by atomic mass is 9.43. The van der Waals surface area contributed by atoms with Crippen LogP contribution in [0.15, 0.2) is 11.6 Å². The SMILES string of the molecule is C/C(=C\CC(C)C1CCC2C3C[C@H](OS(=O)(=O)O)[C@H]4C[C@H](OS(=O)(=O)O)C(OS(=O)(=O)O)CC4(C)C3CCC12C)C(C)(C)C(C)C. The van der Waals surface area contributed by atoms with Gasteiger partial charge in [0.15, 0.2) is 0 Å². The molecule has 4 rings (SSSR count). The van der Waals surface area contributed by atoms with E-state index < -0.39 is 60.8 Å². The highest BCUT2D eigenvalue weighted by molar-refractivity contribution is 7.81. The molecule has 0 saturated heterocycles. The highest BCUT2D eigenvalue weighted by atomic mass is 32.3. The van der Waals surface area contributed by atoms with Gasteiger partial charge in [0.1, 0.15) is 12.2 Å². The van der Waals surface area contributed by atoms with Crippen molar-refractivity contribution in [3.8, 4) is 0 Å². The summed E-state index contributed by atoms with van der Waals surface area (Å²) in [6.45, 7) is 17.8. The van der Waals surface area contributed by atoms with E-state index in [1.54, 1.807) is 0 Å². The molecule has 0 heterocycles. The van der Waals surface area contributed by atoms with Crippen LogP contribution in [0.1, 0.15) is 107 Å². The van der Waals surface area contributed by atoms with E-state index in [1.807, 2.05) is 6.92 Å². The Morgan fingerprint density at radius 2 is 1.30 bits per heavy atom. The summed E-state index contributed by atoms with van der Waals surface area (Å²) in [5.41, 5.74) is 0.611. The molecular weight excluding hydrogens is 661 g/mol. The first kappa shape index (κ1) is 38.2. The van der Waals surface area contributed by atoms with Crippen molar-refractivity contribution in [1.82, 2.24) is 0 Å². The Morgan fingerprint density at radius 3 is 1.85 bits per heavy atom. The Kier molecular flexibility index (Phi) is 10.7. The number of fused-ring (bicyclic) bond motifs is 5. The second-order valence-corrected chi connectivity index (χ2v) is 19.2. The van der Waals surface area contributed by atoms with Gasteiger partial charge in [-0.1, -0.05) is 60.1 Å². The van der Waals surface area contributed by atoms with Crippen molar-refractivity contribution in [2.45, 2.75) is 125 Å². The molecule has 12 nitrogen and oxygen atoms in total. The van der Waals surface area contributed by atoms with E-state index in [1.165, 1.54) is 5.57 Å². The van der Waals surface area contributed by atoms with Gasteiger partial charge in [-0.05, 0) is 116 Å². The molecule has 0 aromatic heterocycles. The first-order valence-corrected chi connectivity index (χ1v) is 20.5. The van der Waals surface area contributed by atoms with Crippen LogP contribution in [0.5, 0.6) is 0 Å². The van der Waals surface area contributed by atoms with Gasteiger partial charge in [0, 0.05) is 0 Å². The zero-order valence-electron chi connectivity index (χ0n) is 28.2. The Labute approximate surface area is 276 Å². The van der Waals surface area contributed by atoms with E-state index in [-0.39, 0.29) is 41.4 Å². The van der Waals surface area contributed by atoms with Crippen LogP contribution in [0.25, 0.3) is 0 Å². The molecule has 0 aromatic carbocycles. The molecule has 0 amide bonds. The highest BCUT2D eigenvalue weighted by Crippen LogP contribution is 2.69. The molecular formula is C31H54O12S3. The Balaban J connectivity index is 1.67. The highest BCUT2D eigenvalue weighted by Gasteiger charge is 2.65. The molecule has 46 heavy (non-hydrogen) atoms. The smallest absolute Gasteiger partial charge is 0.264 e. The molecule has 0 aromatic rings. The van der Waals surface area contributed by atoms with Crippen LogP contribution in [0, 0.1) is 57.7 Å². The van der Waals surface area contributed by atoms with Gasteiger partial charge >= 0.3 is 31.2 Å². The lowest BCUT2D eigenvalue weighted by Gasteiger charge is -2.63. The molecule has 0 bridgehead atoms. The van der Waals surface area contributed by atoms with Crippen molar-refractivity contribution in [2.24, 2.45) is 57.7 Å². The summed E-state index contributed by atoms with van der Waals surface area (Å²) >= 11 is 0. The molecule has 4 aliphatic carbocycles. The number of hydrogen-bond acceptors (Lipinski definition) is 9. The van der Waals surface area contributed by atoms with Gasteiger partial charge < -0.3 is 0 Å². The van der Waals surface area contributed by atoms with Gasteiger partial charge in [-0.25, -0.2) is 12.5 Å². The Bertz CT molecular complexity index is 1490. The second kappa shape index (κ2) is 12.9. The number of hydrogen-bond donors (Lipinski definition) is 3. The average Bonchev–Trinajstić information content (AvgIpc) is 3.22. The molecule has 11 atom stereocenters. The summed E-state index contributed by atoms with van der Waals surface area (Å²) in [6.07, 6.45) is 2.85. The van der Waals surface area contributed by atoms with E-state index in [9.17, 15) is 38.9 Å². The van der Waals surface area contributed by atoms with E-state index in [0.29, 0.717) is 24.2 Å². The fraction of sp³-hybridized carbons (Fsp3) is 0.935. The minimum atomic E-state index is -5.07. The lowest BCUT2D eigenvalue weighted by molar-refractivity contribution is -0.183. The van der Waals surface area contributed by atoms with Gasteiger partial charge in [0.25, 0.3) is 0 Å². The largest absolute Gasteiger partial charge is 0.397 e. The van der Waals surface area contributed by atoms with Crippen LogP contribution in [-0.4, -0.2) is 57.2 Å². The molecule has 8 unspecified atom stereocenters. The Hall–Kier alpha value is -0.650. The van der Waals surface area contributed by atoms with E-state index in [4.69, 9.17) is 12.5 Å². The quantitative estimate of drug-likeness (QED) is 0.165. The van der Waals surface area contributed by atoms with Crippen LogP contribution in [0.3, 0.4) is 0 Å². The second-order valence-electron chi connectivity index (χ2n) is 16.1. The predicted octanol–water partition coefficient (Wildman–Crippen LogP) is 6.08. The van der Waals surface area contributed by atoms with Gasteiger partial charge in [0.05, 0.1) is 6.10 Å². The third-order valence-electron chi connectivity index (χ3n) is 13.4. The van der Waals surface area contributed by atoms with Crippen LogP contribution >= 0.6 is 0 Å². The summed E-state index contributed by atoms with van der Waals surface area (Å²) in [4.78, 5) is 0. The molecule has 4 fully saturated rings. The summed E-state index contributed by atoms with van der Waals surface area (Å²) in [6, 6.07) is 0. The molecule has 3 N–H and O–H groups in total. The molecule has 4 aliphatic rings. The van der Waals surface area contributed by atoms with Crippen molar-refractivity contribution in [2.75, 3.05) is 0 Å². The molecule has 0 aliphatic heterocycles. The maximum Gasteiger partial charge on any atom is 0.397 e.